The molecule has 1 fully saturated rings. The fourth-order valence-corrected chi connectivity index (χ4v) is 9.86. The van der Waals surface area contributed by atoms with Crippen LogP contribution in [0.25, 0.3) is 0 Å². The van der Waals surface area contributed by atoms with Gasteiger partial charge in [0.1, 0.15) is 0 Å². The number of hydrogen-bond donors (Lipinski definition) is 1. The van der Waals surface area contributed by atoms with Crippen molar-refractivity contribution in [1.82, 2.24) is 9.80 Å². The maximum absolute atomic E-state index is 12.6. The lowest BCUT2D eigenvalue weighted by molar-refractivity contribution is -0.151. The summed E-state index contributed by atoms with van der Waals surface area (Å²) in [5.41, 5.74) is 0. The van der Waals surface area contributed by atoms with Gasteiger partial charge < -0.3 is 33.9 Å². The van der Waals surface area contributed by atoms with Crippen LogP contribution in [-0.4, -0.2) is 111 Å². The number of ether oxygens (including phenoxy) is 4. The normalized spacial score (nSPS) is 15.1. The van der Waals surface area contributed by atoms with E-state index in [-0.39, 0.29) is 42.3 Å². The molecule has 0 aromatic rings. The monoisotopic (exact) mass is 993 g/mol. The van der Waals surface area contributed by atoms with Crippen LogP contribution in [0.4, 0.5) is 0 Å². The average molecular weight is 994 g/mol. The molecule has 1 N–H and O–H groups in total. The highest BCUT2D eigenvalue weighted by Crippen LogP contribution is 2.31. The highest BCUT2D eigenvalue weighted by Gasteiger charge is 2.26. The van der Waals surface area contributed by atoms with E-state index in [4.69, 9.17) is 18.9 Å². The van der Waals surface area contributed by atoms with Gasteiger partial charge in [-0.3, -0.25) is 19.2 Å². The van der Waals surface area contributed by atoms with Crippen LogP contribution in [0.3, 0.4) is 0 Å². The molecule has 412 valence electrons. The van der Waals surface area contributed by atoms with E-state index in [1.165, 1.54) is 77.0 Å². The van der Waals surface area contributed by atoms with Crippen molar-refractivity contribution in [2.45, 2.75) is 266 Å². The van der Waals surface area contributed by atoms with Crippen LogP contribution in [0.5, 0.6) is 0 Å². The van der Waals surface area contributed by atoms with Crippen LogP contribution < -0.4 is 0 Å². The summed E-state index contributed by atoms with van der Waals surface area (Å²) in [6.07, 6.45) is 34.3. The Labute approximate surface area is 430 Å². The quantitative estimate of drug-likeness (QED) is 0.0355. The first-order chi connectivity index (χ1) is 34.0. The predicted octanol–water partition coefficient (Wildman–Crippen LogP) is 14.0. The Morgan fingerprint density at radius 3 is 1.09 bits per heavy atom. The second kappa shape index (κ2) is 46.5. The molecule has 11 nitrogen and oxygen atoms in total. The van der Waals surface area contributed by atoms with Gasteiger partial charge in [-0.15, -0.1) is 0 Å². The first-order valence-electron chi connectivity index (χ1n) is 29.7. The van der Waals surface area contributed by atoms with Gasteiger partial charge in [0.05, 0.1) is 33.0 Å². The van der Waals surface area contributed by atoms with Crippen LogP contribution in [0.2, 0.25) is 0 Å². The molecular weight excluding hydrogens is 881 g/mol. The maximum Gasteiger partial charge on any atom is 0.305 e. The van der Waals surface area contributed by atoms with E-state index in [0.29, 0.717) is 76.5 Å². The number of aliphatic hydroxyl groups excluding tert-OH is 1. The van der Waals surface area contributed by atoms with E-state index in [0.717, 1.165) is 142 Å². The molecular formula is C59H112N2O9. The first-order valence-corrected chi connectivity index (χ1v) is 29.7. The zero-order chi connectivity index (χ0) is 51.3. The molecule has 11 heteroatoms. The van der Waals surface area contributed by atoms with Gasteiger partial charge in [-0.05, 0) is 116 Å². The van der Waals surface area contributed by atoms with Crippen molar-refractivity contribution in [3.05, 3.63) is 0 Å². The molecule has 1 rings (SSSR count). The third-order valence-corrected chi connectivity index (χ3v) is 14.6. The SMILES string of the molecule is CCCCCCCC(=O)OCC(CCCCN(CCO)CC1CCC(CN(CCCCC(COC(=O)CCCCCCC)COC(=O)CCCCCCC)C(C)C)CC1)COC(=O)CCCCCCC. The van der Waals surface area contributed by atoms with E-state index < -0.39 is 0 Å². The van der Waals surface area contributed by atoms with E-state index >= 15 is 0 Å². The standard InChI is InChI=1S/C59H112N2O9/c1-7-11-15-19-23-33-56(63)67-47-54(48-68-57(64)34-24-20-16-12-8-2)31-27-29-41-60(43-44-62)45-52-37-39-53(40-38-52)46-61(51(5)6)42-30-28-32-55(49-69-58(65)35-25-21-17-13-9-3)50-70-59(66)36-26-22-18-14-10-4/h51-55,62H,7-50H2,1-6H3. The highest BCUT2D eigenvalue weighted by atomic mass is 16.6. The van der Waals surface area contributed by atoms with Crippen molar-refractivity contribution in [3.8, 4) is 0 Å². The fraction of sp³-hybridized carbons (Fsp3) is 0.932. The Morgan fingerprint density at radius 1 is 0.429 bits per heavy atom. The molecule has 0 amide bonds. The second-order valence-corrected chi connectivity index (χ2v) is 21.6. The van der Waals surface area contributed by atoms with Crippen molar-refractivity contribution in [1.29, 1.82) is 0 Å². The first kappa shape index (κ1) is 65.8. The largest absolute Gasteiger partial charge is 0.465 e. The zero-order valence-electron chi connectivity index (χ0n) is 46.6. The smallest absolute Gasteiger partial charge is 0.305 e. The summed E-state index contributed by atoms with van der Waals surface area (Å²) in [7, 11) is 0. The van der Waals surface area contributed by atoms with E-state index in [2.05, 4.69) is 51.3 Å². The molecule has 0 aromatic carbocycles. The molecule has 0 bridgehead atoms. The lowest BCUT2D eigenvalue weighted by Crippen LogP contribution is -2.39. The molecule has 0 saturated heterocycles. The van der Waals surface area contributed by atoms with Gasteiger partial charge in [0.25, 0.3) is 0 Å². The third kappa shape index (κ3) is 38.4. The van der Waals surface area contributed by atoms with Crippen molar-refractivity contribution >= 4 is 23.9 Å². The summed E-state index contributed by atoms with van der Waals surface area (Å²) in [6.45, 7) is 19.5. The van der Waals surface area contributed by atoms with Gasteiger partial charge in [-0.25, -0.2) is 0 Å². The van der Waals surface area contributed by atoms with Crippen molar-refractivity contribution in [3.63, 3.8) is 0 Å². The Morgan fingerprint density at radius 2 is 0.757 bits per heavy atom. The van der Waals surface area contributed by atoms with Crippen LogP contribution in [0, 0.1) is 23.7 Å². The highest BCUT2D eigenvalue weighted by molar-refractivity contribution is 5.70. The minimum atomic E-state index is -0.149. The van der Waals surface area contributed by atoms with Gasteiger partial charge >= 0.3 is 23.9 Å². The Kier molecular flexibility index (Phi) is 43.7. The van der Waals surface area contributed by atoms with Crippen LogP contribution >= 0.6 is 0 Å². The van der Waals surface area contributed by atoms with Crippen LogP contribution in [0.15, 0.2) is 0 Å². The summed E-state index contributed by atoms with van der Waals surface area (Å²) >= 11 is 0. The molecule has 0 spiro atoms. The topological polar surface area (TPSA) is 132 Å². The molecule has 1 saturated carbocycles. The summed E-state index contributed by atoms with van der Waals surface area (Å²) in [6, 6.07) is 0.462. The van der Waals surface area contributed by atoms with E-state index in [1.54, 1.807) is 0 Å². The van der Waals surface area contributed by atoms with Crippen molar-refractivity contribution in [2.24, 2.45) is 23.7 Å². The van der Waals surface area contributed by atoms with Gasteiger partial charge in [-0.1, -0.05) is 143 Å². The molecule has 0 aliphatic heterocycles. The lowest BCUT2D eigenvalue weighted by atomic mass is 9.81. The molecule has 70 heavy (non-hydrogen) atoms. The molecule has 0 atom stereocenters. The zero-order valence-corrected chi connectivity index (χ0v) is 46.6. The third-order valence-electron chi connectivity index (χ3n) is 14.6. The Hall–Kier alpha value is -2.24. The second-order valence-electron chi connectivity index (χ2n) is 21.6. The Balaban J connectivity index is 2.61. The Bertz CT molecular complexity index is 1180. The molecule has 0 aromatic heterocycles. The number of unbranched alkanes of at least 4 members (excludes halogenated alkanes) is 18. The number of nitrogens with zero attached hydrogens (tertiary/aromatic N) is 2. The van der Waals surface area contributed by atoms with Crippen molar-refractivity contribution < 1.29 is 43.2 Å². The number of esters is 4. The molecule has 0 unspecified atom stereocenters. The molecule has 1 aliphatic rings. The van der Waals surface area contributed by atoms with Crippen molar-refractivity contribution in [2.75, 3.05) is 65.8 Å². The van der Waals surface area contributed by atoms with Gasteiger partial charge in [-0.2, -0.15) is 0 Å². The summed E-state index contributed by atoms with van der Waals surface area (Å²) in [5, 5.41) is 9.99. The number of aliphatic hydroxyl groups is 1. The average Bonchev–Trinajstić information content (AvgIpc) is 3.35. The van der Waals surface area contributed by atoms with Gasteiger partial charge in [0.15, 0.2) is 0 Å². The number of rotatable bonds is 49. The van der Waals surface area contributed by atoms with E-state index in [1.807, 2.05) is 0 Å². The number of carbonyl (C=O) groups is 4. The molecule has 1 aliphatic carbocycles. The summed E-state index contributed by atoms with van der Waals surface area (Å²) < 4.78 is 22.9. The summed E-state index contributed by atoms with van der Waals surface area (Å²) in [5.74, 6) is 0.769. The minimum absolute atomic E-state index is 0.00542. The molecule has 0 radical (unpaired) electrons. The van der Waals surface area contributed by atoms with Gasteiger partial charge in [0, 0.05) is 63.2 Å². The number of carbonyl (C=O) groups excluding carboxylic acids is 4. The number of hydrogen-bond acceptors (Lipinski definition) is 11. The van der Waals surface area contributed by atoms with E-state index in [9.17, 15) is 24.3 Å². The van der Waals surface area contributed by atoms with Crippen LogP contribution in [-0.2, 0) is 38.1 Å². The fourth-order valence-electron chi connectivity index (χ4n) is 9.86. The summed E-state index contributed by atoms with van der Waals surface area (Å²) in [4.78, 5) is 55.4. The maximum atomic E-state index is 12.6. The molecule has 0 heterocycles. The van der Waals surface area contributed by atoms with Crippen LogP contribution in [0.1, 0.15) is 260 Å². The lowest BCUT2D eigenvalue weighted by Gasteiger charge is -2.36. The van der Waals surface area contributed by atoms with Gasteiger partial charge in [0.2, 0.25) is 0 Å². The minimum Gasteiger partial charge on any atom is -0.465 e. The predicted molar refractivity (Wildman–Crippen MR) is 288 cm³/mol.